The van der Waals surface area contributed by atoms with Gasteiger partial charge in [0.1, 0.15) is 0 Å². The molecular weight excluding hydrogens is 350 g/mol. The van der Waals surface area contributed by atoms with E-state index in [1.165, 1.54) is 43.5 Å². The number of nitrogens with zero attached hydrogens (tertiary/aromatic N) is 3. The summed E-state index contributed by atoms with van der Waals surface area (Å²) in [6.07, 6.45) is 5.68. The van der Waals surface area contributed by atoms with Crippen LogP contribution in [0.4, 0.5) is 0 Å². The van der Waals surface area contributed by atoms with E-state index in [1.807, 2.05) is 11.0 Å². The summed E-state index contributed by atoms with van der Waals surface area (Å²) in [5.41, 5.74) is 2.39. The molecule has 2 saturated heterocycles. The Balaban J connectivity index is 1.55. The molecule has 6 nitrogen and oxygen atoms in total. The predicted molar refractivity (Wildman–Crippen MR) is 114 cm³/mol. The number of piperidine rings is 1. The first kappa shape index (κ1) is 20.6. The van der Waals surface area contributed by atoms with Crippen molar-refractivity contribution in [2.24, 2.45) is 4.99 Å². The second kappa shape index (κ2) is 11.1. The highest BCUT2D eigenvalue weighted by atomic mass is 16.2. The van der Waals surface area contributed by atoms with Crippen LogP contribution in [0.1, 0.15) is 50.2 Å². The number of aliphatic imine (C=N–C) groups is 1. The molecule has 0 unspecified atom stereocenters. The molecule has 0 aromatic heterocycles. The van der Waals surface area contributed by atoms with Crippen molar-refractivity contribution in [1.82, 2.24) is 20.4 Å². The van der Waals surface area contributed by atoms with Crippen LogP contribution in [0.2, 0.25) is 0 Å². The molecule has 6 heteroatoms. The standard InChI is InChI=1S/C22H35N5O/c1-2-23-22(24-12-16-26-13-6-3-7-14-26)25-17-19-9-4-5-10-20(19)18-27-15-8-11-21(27)28/h4-5,9-10H,2-3,6-8,11-18H2,1H3,(H2,23,24,25). The summed E-state index contributed by atoms with van der Waals surface area (Å²) in [5, 5.41) is 6.82. The van der Waals surface area contributed by atoms with Gasteiger partial charge in [0.05, 0.1) is 6.54 Å². The minimum atomic E-state index is 0.269. The normalized spacial score (nSPS) is 18.5. The Morgan fingerprint density at radius 2 is 1.82 bits per heavy atom. The van der Waals surface area contributed by atoms with E-state index < -0.39 is 0 Å². The average Bonchev–Trinajstić information content (AvgIpc) is 3.12. The van der Waals surface area contributed by atoms with E-state index in [2.05, 4.69) is 40.7 Å². The maximum Gasteiger partial charge on any atom is 0.222 e. The molecule has 1 aromatic rings. The van der Waals surface area contributed by atoms with Crippen molar-refractivity contribution >= 4 is 11.9 Å². The lowest BCUT2D eigenvalue weighted by molar-refractivity contribution is -0.128. The molecule has 0 bridgehead atoms. The lowest BCUT2D eigenvalue weighted by atomic mass is 10.1. The number of carbonyl (C=O) groups is 1. The van der Waals surface area contributed by atoms with Crippen LogP contribution < -0.4 is 10.6 Å². The van der Waals surface area contributed by atoms with Crippen LogP contribution >= 0.6 is 0 Å². The van der Waals surface area contributed by atoms with Crippen molar-refractivity contribution in [3.8, 4) is 0 Å². The number of guanidine groups is 1. The van der Waals surface area contributed by atoms with Gasteiger partial charge >= 0.3 is 0 Å². The smallest absolute Gasteiger partial charge is 0.222 e. The fourth-order valence-corrected chi connectivity index (χ4v) is 3.96. The van der Waals surface area contributed by atoms with Gasteiger partial charge in [-0.3, -0.25) is 4.79 Å². The molecular formula is C22H35N5O. The van der Waals surface area contributed by atoms with Gasteiger partial charge in [-0.25, -0.2) is 4.99 Å². The zero-order valence-electron chi connectivity index (χ0n) is 17.3. The molecule has 2 heterocycles. The van der Waals surface area contributed by atoms with Gasteiger partial charge in [-0.1, -0.05) is 30.7 Å². The molecule has 0 saturated carbocycles. The highest BCUT2D eigenvalue weighted by Gasteiger charge is 2.20. The van der Waals surface area contributed by atoms with E-state index in [0.717, 1.165) is 38.6 Å². The Bertz CT molecular complexity index is 654. The number of nitrogens with one attached hydrogen (secondary N) is 2. The molecule has 0 radical (unpaired) electrons. The van der Waals surface area contributed by atoms with Crippen LogP contribution in [-0.2, 0) is 17.9 Å². The van der Waals surface area contributed by atoms with E-state index in [9.17, 15) is 4.79 Å². The Hall–Kier alpha value is -2.08. The third kappa shape index (κ3) is 6.23. The van der Waals surface area contributed by atoms with Crippen molar-refractivity contribution in [2.45, 2.75) is 52.1 Å². The van der Waals surface area contributed by atoms with Crippen LogP contribution in [-0.4, -0.2) is 60.9 Å². The Kier molecular flexibility index (Phi) is 8.15. The molecule has 3 rings (SSSR count). The van der Waals surface area contributed by atoms with E-state index in [0.29, 0.717) is 19.5 Å². The Morgan fingerprint density at radius 3 is 2.54 bits per heavy atom. The lowest BCUT2D eigenvalue weighted by Gasteiger charge is -2.26. The second-order valence-electron chi connectivity index (χ2n) is 7.71. The predicted octanol–water partition coefficient (Wildman–Crippen LogP) is 2.35. The van der Waals surface area contributed by atoms with E-state index in [-0.39, 0.29) is 5.91 Å². The van der Waals surface area contributed by atoms with Gasteiger partial charge in [-0.05, 0) is 50.4 Å². The lowest BCUT2D eigenvalue weighted by Crippen LogP contribution is -2.42. The van der Waals surface area contributed by atoms with Crippen molar-refractivity contribution < 1.29 is 4.79 Å². The molecule has 1 aromatic carbocycles. The summed E-state index contributed by atoms with van der Waals surface area (Å²) in [6, 6.07) is 8.34. The van der Waals surface area contributed by atoms with Crippen LogP contribution in [0.5, 0.6) is 0 Å². The van der Waals surface area contributed by atoms with Gasteiger partial charge in [0, 0.05) is 39.1 Å². The summed E-state index contributed by atoms with van der Waals surface area (Å²) in [4.78, 5) is 21.3. The monoisotopic (exact) mass is 385 g/mol. The number of likely N-dealkylation sites (tertiary alicyclic amines) is 2. The SMILES string of the molecule is CCNC(=NCc1ccccc1CN1CCCC1=O)NCCN1CCCCC1. The van der Waals surface area contributed by atoms with Gasteiger partial charge in [0.25, 0.3) is 0 Å². The molecule has 28 heavy (non-hydrogen) atoms. The molecule has 1 amide bonds. The zero-order valence-corrected chi connectivity index (χ0v) is 17.3. The van der Waals surface area contributed by atoms with Gasteiger partial charge in [0.15, 0.2) is 5.96 Å². The topological polar surface area (TPSA) is 60.0 Å². The van der Waals surface area contributed by atoms with Crippen molar-refractivity contribution in [3.63, 3.8) is 0 Å². The molecule has 154 valence electrons. The fraction of sp³-hybridized carbons (Fsp3) is 0.636. The summed E-state index contributed by atoms with van der Waals surface area (Å²) >= 11 is 0. The van der Waals surface area contributed by atoms with Gasteiger partial charge in [-0.2, -0.15) is 0 Å². The number of hydrogen-bond acceptors (Lipinski definition) is 3. The van der Waals surface area contributed by atoms with E-state index in [1.54, 1.807) is 0 Å². The van der Waals surface area contributed by atoms with E-state index in [4.69, 9.17) is 4.99 Å². The highest BCUT2D eigenvalue weighted by molar-refractivity contribution is 5.79. The largest absolute Gasteiger partial charge is 0.357 e. The van der Waals surface area contributed by atoms with Crippen molar-refractivity contribution in [1.29, 1.82) is 0 Å². The first-order valence-corrected chi connectivity index (χ1v) is 10.9. The Labute approximate surface area is 169 Å². The summed E-state index contributed by atoms with van der Waals surface area (Å²) < 4.78 is 0. The number of amides is 1. The molecule has 0 spiro atoms. The number of benzene rings is 1. The molecule has 2 aliphatic heterocycles. The second-order valence-corrected chi connectivity index (χ2v) is 7.71. The van der Waals surface area contributed by atoms with E-state index >= 15 is 0 Å². The molecule has 2 aliphatic rings. The molecule has 2 N–H and O–H groups in total. The highest BCUT2D eigenvalue weighted by Crippen LogP contribution is 2.17. The van der Waals surface area contributed by atoms with Crippen molar-refractivity contribution in [2.75, 3.05) is 39.3 Å². The van der Waals surface area contributed by atoms with Gasteiger partial charge in [0.2, 0.25) is 5.91 Å². The van der Waals surface area contributed by atoms with Gasteiger partial charge in [-0.15, -0.1) is 0 Å². The summed E-state index contributed by atoms with van der Waals surface area (Å²) in [7, 11) is 0. The van der Waals surface area contributed by atoms with Crippen LogP contribution in [0.15, 0.2) is 29.3 Å². The zero-order chi connectivity index (χ0) is 19.6. The van der Waals surface area contributed by atoms with Crippen LogP contribution in [0.25, 0.3) is 0 Å². The first-order valence-electron chi connectivity index (χ1n) is 10.9. The van der Waals surface area contributed by atoms with Crippen LogP contribution in [0.3, 0.4) is 0 Å². The minimum absolute atomic E-state index is 0.269. The summed E-state index contributed by atoms with van der Waals surface area (Å²) in [6.45, 7) is 9.55. The number of hydrogen-bond donors (Lipinski definition) is 2. The molecule has 0 atom stereocenters. The number of carbonyl (C=O) groups excluding carboxylic acids is 1. The molecule has 0 aliphatic carbocycles. The maximum atomic E-state index is 12.0. The van der Waals surface area contributed by atoms with Crippen molar-refractivity contribution in [3.05, 3.63) is 35.4 Å². The summed E-state index contributed by atoms with van der Waals surface area (Å²) in [5.74, 6) is 1.14. The van der Waals surface area contributed by atoms with Gasteiger partial charge < -0.3 is 20.4 Å². The Morgan fingerprint density at radius 1 is 1.04 bits per heavy atom. The average molecular weight is 386 g/mol. The minimum Gasteiger partial charge on any atom is -0.357 e. The van der Waals surface area contributed by atoms with Crippen LogP contribution in [0, 0.1) is 0 Å². The number of rotatable bonds is 8. The fourth-order valence-electron chi connectivity index (χ4n) is 3.96. The maximum absolute atomic E-state index is 12.0. The third-order valence-electron chi connectivity index (χ3n) is 5.57. The molecule has 2 fully saturated rings. The quantitative estimate of drug-likeness (QED) is 0.533. The third-order valence-corrected chi connectivity index (χ3v) is 5.57. The first-order chi connectivity index (χ1) is 13.8.